The van der Waals surface area contributed by atoms with Crippen molar-refractivity contribution in [1.82, 2.24) is 15.2 Å². The summed E-state index contributed by atoms with van der Waals surface area (Å²) in [6.07, 6.45) is 19.7. The summed E-state index contributed by atoms with van der Waals surface area (Å²) < 4.78 is 0. The number of nitrogens with zero attached hydrogens (tertiary/aromatic N) is 2. The molecule has 4 rings (SSSR count). The second-order valence-corrected chi connectivity index (χ2v) is 8.44. The topological polar surface area (TPSA) is 70.7 Å². The van der Waals surface area contributed by atoms with E-state index in [-0.39, 0.29) is 11.8 Å². The van der Waals surface area contributed by atoms with Gasteiger partial charge in [0.2, 0.25) is 5.91 Å². The third kappa shape index (κ3) is 4.33. The molecule has 2 heterocycles. The highest BCUT2D eigenvalue weighted by Crippen LogP contribution is 2.38. The quantitative estimate of drug-likeness (QED) is 0.730. The number of amides is 1. The van der Waals surface area contributed by atoms with E-state index in [1.165, 1.54) is 76.2 Å². The van der Waals surface area contributed by atoms with Crippen LogP contribution >= 0.6 is 0 Å². The number of aromatic amines is 1. The van der Waals surface area contributed by atoms with Crippen molar-refractivity contribution < 1.29 is 4.79 Å². The monoisotopic (exact) mass is 368 g/mol. The smallest absolute Gasteiger partial charge is 0.227 e. The van der Waals surface area contributed by atoms with Crippen molar-refractivity contribution in [2.45, 2.75) is 89.4 Å². The molecule has 0 radical (unpaired) electrons. The second kappa shape index (κ2) is 8.85. The zero-order valence-electron chi connectivity index (χ0n) is 16.3. The molecule has 2 aromatic heterocycles. The number of hydrogen-bond acceptors (Lipinski definition) is 3. The van der Waals surface area contributed by atoms with E-state index in [0.29, 0.717) is 5.92 Å². The van der Waals surface area contributed by atoms with Crippen LogP contribution in [0.25, 0.3) is 11.0 Å². The van der Waals surface area contributed by atoms with E-state index >= 15 is 0 Å². The van der Waals surface area contributed by atoms with Crippen molar-refractivity contribution >= 4 is 22.6 Å². The first-order valence-corrected chi connectivity index (χ1v) is 11.0. The standard InChI is InChI=1S/C22H32N4O/c27-22(17-12-8-5-9-13-17)25-19-15-23-21-18(14-24-26-21)20(19)16-10-6-3-1-2-4-7-11-16/h14-17H,1-13H2,(H,25,27)(H,23,24,26). The first kappa shape index (κ1) is 18.5. The maximum Gasteiger partial charge on any atom is 0.227 e. The highest BCUT2D eigenvalue weighted by Gasteiger charge is 2.25. The van der Waals surface area contributed by atoms with E-state index < -0.39 is 0 Å². The molecule has 2 aliphatic rings. The molecule has 2 aliphatic carbocycles. The predicted octanol–water partition coefficient (Wildman–Crippen LogP) is 5.69. The summed E-state index contributed by atoms with van der Waals surface area (Å²) in [7, 11) is 0. The molecular formula is C22H32N4O. The predicted molar refractivity (Wildman–Crippen MR) is 109 cm³/mol. The molecule has 27 heavy (non-hydrogen) atoms. The fraction of sp³-hybridized carbons (Fsp3) is 0.682. The van der Waals surface area contributed by atoms with Crippen LogP contribution < -0.4 is 5.32 Å². The molecule has 2 aromatic rings. The largest absolute Gasteiger partial charge is 0.324 e. The highest BCUT2D eigenvalue weighted by molar-refractivity contribution is 5.96. The molecule has 2 saturated carbocycles. The van der Waals surface area contributed by atoms with Gasteiger partial charge in [-0.2, -0.15) is 5.10 Å². The molecule has 0 saturated heterocycles. The number of nitrogens with one attached hydrogen (secondary N) is 2. The van der Waals surface area contributed by atoms with E-state index in [4.69, 9.17) is 0 Å². The molecule has 0 unspecified atom stereocenters. The van der Waals surface area contributed by atoms with E-state index in [2.05, 4.69) is 20.5 Å². The first-order valence-electron chi connectivity index (χ1n) is 11.0. The Morgan fingerprint density at radius 3 is 2.26 bits per heavy atom. The summed E-state index contributed by atoms with van der Waals surface area (Å²) in [5.74, 6) is 0.823. The average molecular weight is 369 g/mol. The van der Waals surface area contributed by atoms with E-state index in [9.17, 15) is 4.79 Å². The lowest BCUT2D eigenvalue weighted by molar-refractivity contribution is -0.120. The lowest BCUT2D eigenvalue weighted by Crippen LogP contribution is -2.25. The van der Waals surface area contributed by atoms with Gasteiger partial charge in [-0.15, -0.1) is 0 Å². The molecular weight excluding hydrogens is 336 g/mol. The fourth-order valence-corrected chi connectivity index (χ4v) is 4.98. The van der Waals surface area contributed by atoms with E-state index in [1.807, 2.05) is 12.4 Å². The molecule has 5 nitrogen and oxygen atoms in total. The minimum atomic E-state index is 0.159. The summed E-state index contributed by atoms with van der Waals surface area (Å²) in [5.41, 5.74) is 3.02. The Bertz CT molecular complexity index is 753. The van der Waals surface area contributed by atoms with Gasteiger partial charge in [0.1, 0.15) is 0 Å². The average Bonchev–Trinajstić information content (AvgIpc) is 3.21. The van der Waals surface area contributed by atoms with Crippen molar-refractivity contribution in [3.8, 4) is 0 Å². The number of pyridine rings is 1. The normalized spacial score (nSPS) is 20.7. The van der Waals surface area contributed by atoms with Crippen LogP contribution in [0, 0.1) is 5.92 Å². The van der Waals surface area contributed by atoms with Crippen LogP contribution in [-0.4, -0.2) is 21.1 Å². The van der Waals surface area contributed by atoms with Crippen LogP contribution in [0.4, 0.5) is 5.69 Å². The number of hydrogen-bond donors (Lipinski definition) is 2. The lowest BCUT2D eigenvalue weighted by atomic mass is 9.86. The number of carbonyl (C=O) groups excluding carboxylic acids is 1. The number of rotatable bonds is 3. The molecule has 146 valence electrons. The van der Waals surface area contributed by atoms with Crippen LogP contribution in [0.2, 0.25) is 0 Å². The Balaban J connectivity index is 1.63. The Morgan fingerprint density at radius 2 is 1.52 bits per heavy atom. The molecule has 2 fully saturated rings. The second-order valence-electron chi connectivity index (χ2n) is 8.44. The minimum Gasteiger partial charge on any atom is -0.324 e. The number of carbonyl (C=O) groups is 1. The van der Waals surface area contributed by atoms with Crippen molar-refractivity contribution in [3.05, 3.63) is 18.0 Å². The number of H-pyrrole nitrogens is 1. The molecule has 2 N–H and O–H groups in total. The maximum atomic E-state index is 12.9. The van der Waals surface area contributed by atoms with Gasteiger partial charge in [0.05, 0.1) is 18.1 Å². The van der Waals surface area contributed by atoms with Gasteiger partial charge in [-0.3, -0.25) is 9.89 Å². The van der Waals surface area contributed by atoms with Gasteiger partial charge in [-0.1, -0.05) is 57.8 Å². The summed E-state index contributed by atoms with van der Waals surface area (Å²) in [4.78, 5) is 17.4. The summed E-state index contributed by atoms with van der Waals surface area (Å²) in [6, 6.07) is 0. The van der Waals surface area contributed by atoms with Crippen molar-refractivity contribution in [1.29, 1.82) is 0 Å². The molecule has 0 aliphatic heterocycles. The van der Waals surface area contributed by atoms with Crippen LogP contribution in [0.3, 0.4) is 0 Å². The van der Waals surface area contributed by atoms with E-state index in [1.54, 1.807) is 0 Å². The maximum absolute atomic E-state index is 12.9. The van der Waals surface area contributed by atoms with Crippen LogP contribution in [0.5, 0.6) is 0 Å². The van der Waals surface area contributed by atoms with Gasteiger partial charge < -0.3 is 5.32 Å². The fourth-order valence-electron chi connectivity index (χ4n) is 4.98. The molecule has 0 spiro atoms. The first-order chi connectivity index (χ1) is 13.3. The Hall–Kier alpha value is -1.91. The highest BCUT2D eigenvalue weighted by atomic mass is 16.1. The molecule has 5 heteroatoms. The van der Waals surface area contributed by atoms with Gasteiger partial charge in [-0.05, 0) is 37.2 Å². The van der Waals surface area contributed by atoms with Crippen LogP contribution in [0.1, 0.15) is 95.0 Å². The lowest BCUT2D eigenvalue weighted by Gasteiger charge is -2.24. The van der Waals surface area contributed by atoms with Crippen LogP contribution in [0.15, 0.2) is 12.4 Å². The summed E-state index contributed by atoms with van der Waals surface area (Å²) >= 11 is 0. The van der Waals surface area contributed by atoms with E-state index in [0.717, 1.165) is 29.6 Å². The zero-order valence-corrected chi connectivity index (χ0v) is 16.3. The molecule has 1 amide bonds. The summed E-state index contributed by atoms with van der Waals surface area (Å²) in [5, 5.41) is 11.6. The van der Waals surface area contributed by atoms with Crippen molar-refractivity contribution in [3.63, 3.8) is 0 Å². The minimum absolute atomic E-state index is 0.159. The zero-order chi connectivity index (χ0) is 18.5. The Labute approximate surface area is 161 Å². The number of anilines is 1. The van der Waals surface area contributed by atoms with Gasteiger partial charge in [0.25, 0.3) is 0 Å². The van der Waals surface area contributed by atoms with Crippen molar-refractivity contribution in [2.75, 3.05) is 5.32 Å². The molecule has 0 bridgehead atoms. The Kier molecular flexibility index (Phi) is 6.05. The number of fused-ring (bicyclic) bond motifs is 1. The third-order valence-corrected chi connectivity index (χ3v) is 6.52. The molecule has 0 aromatic carbocycles. The Morgan fingerprint density at radius 1 is 0.889 bits per heavy atom. The van der Waals surface area contributed by atoms with Crippen LogP contribution in [-0.2, 0) is 4.79 Å². The van der Waals surface area contributed by atoms with Gasteiger partial charge >= 0.3 is 0 Å². The van der Waals surface area contributed by atoms with Crippen molar-refractivity contribution in [2.24, 2.45) is 5.92 Å². The van der Waals surface area contributed by atoms with Gasteiger partial charge in [0.15, 0.2) is 5.65 Å². The van der Waals surface area contributed by atoms with Gasteiger partial charge in [0, 0.05) is 11.3 Å². The molecule has 0 atom stereocenters. The summed E-state index contributed by atoms with van der Waals surface area (Å²) in [6.45, 7) is 0. The third-order valence-electron chi connectivity index (χ3n) is 6.52. The number of aromatic nitrogens is 3. The van der Waals surface area contributed by atoms with Gasteiger partial charge in [-0.25, -0.2) is 4.98 Å². The SMILES string of the molecule is O=C(Nc1cnc2[nH]ncc2c1C1CCCCCCCC1)C1CCCCC1.